The van der Waals surface area contributed by atoms with Gasteiger partial charge in [0.15, 0.2) is 23.1 Å². The van der Waals surface area contributed by atoms with E-state index in [1.807, 2.05) is 0 Å². The van der Waals surface area contributed by atoms with Crippen LogP contribution >= 0.6 is 11.6 Å². The van der Waals surface area contributed by atoms with Gasteiger partial charge in [-0.2, -0.15) is 0 Å². The number of carbonyl (C=O) groups excluding carboxylic acids is 2. The Bertz CT molecular complexity index is 1650. The first-order valence-corrected chi connectivity index (χ1v) is 15.2. The highest BCUT2D eigenvalue weighted by Gasteiger charge is 2.49. The number of hydrogen-bond donors (Lipinski definition) is 0. The number of ether oxygens (including phenoxy) is 2. The Balaban J connectivity index is 1.69. The van der Waals surface area contributed by atoms with Crippen LogP contribution in [-0.4, -0.2) is 40.0 Å². The minimum atomic E-state index is -0.782. The van der Waals surface area contributed by atoms with Crippen molar-refractivity contribution in [1.29, 1.82) is 0 Å². The number of ketones is 2. The Morgan fingerprint density at radius 2 is 1.47 bits per heavy atom. The highest BCUT2D eigenvalue weighted by Crippen LogP contribution is 2.56. The van der Waals surface area contributed by atoms with Crippen molar-refractivity contribution < 1.29 is 28.9 Å². The average molecular weight is 638 g/mol. The van der Waals surface area contributed by atoms with Crippen LogP contribution in [0.5, 0.6) is 17.2 Å². The van der Waals surface area contributed by atoms with Crippen LogP contribution < -0.4 is 9.47 Å². The van der Waals surface area contributed by atoms with Crippen molar-refractivity contribution in [2.45, 2.75) is 72.6 Å². The largest absolute Gasteiger partial charge is 0.493 e. The lowest BCUT2D eigenvalue weighted by atomic mass is 9.63. The highest BCUT2D eigenvalue weighted by atomic mass is 35.5. The second-order valence-electron chi connectivity index (χ2n) is 13.5. The van der Waals surface area contributed by atoms with Gasteiger partial charge in [-0.05, 0) is 53.9 Å². The summed E-state index contributed by atoms with van der Waals surface area (Å²) in [5.74, 6) is -0.904. The van der Waals surface area contributed by atoms with Gasteiger partial charge in [0.1, 0.15) is 0 Å². The van der Waals surface area contributed by atoms with Crippen LogP contribution in [0.25, 0.3) is 0 Å². The van der Waals surface area contributed by atoms with Crippen molar-refractivity contribution in [3.8, 4) is 17.2 Å². The molecular formula is C33H36ClN3O8. The number of Topliss-reactive ketones (excluding diaryl/α,β-unsaturated/α-hetero) is 2. The van der Waals surface area contributed by atoms with Gasteiger partial charge in [0.2, 0.25) is 5.75 Å². The van der Waals surface area contributed by atoms with E-state index in [0.717, 1.165) is 36.0 Å². The molecule has 1 aliphatic heterocycles. The molecule has 0 spiro atoms. The predicted octanol–water partition coefficient (Wildman–Crippen LogP) is 8.05. The number of hydrogen-bond acceptors (Lipinski definition) is 9. The van der Waals surface area contributed by atoms with E-state index in [1.165, 1.54) is 7.11 Å². The van der Waals surface area contributed by atoms with Gasteiger partial charge in [-0.15, -0.1) is 0 Å². The third kappa shape index (κ3) is 5.93. The summed E-state index contributed by atoms with van der Waals surface area (Å²) >= 11 is 6.79. The van der Waals surface area contributed by atoms with Crippen LogP contribution in [0, 0.1) is 31.1 Å². The molecule has 0 unspecified atom stereocenters. The first-order chi connectivity index (χ1) is 21.1. The molecule has 1 heterocycles. The van der Waals surface area contributed by atoms with Crippen LogP contribution in [0.15, 0.2) is 52.9 Å². The molecule has 45 heavy (non-hydrogen) atoms. The van der Waals surface area contributed by atoms with Gasteiger partial charge in [0.25, 0.3) is 5.69 Å². The third-order valence-electron chi connectivity index (χ3n) is 8.62. The van der Waals surface area contributed by atoms with Gasteiger partial charge in [0.05, 0.1) is 28.0 Å². The zero-order chi connectivity index (χ0) is 33.0. The lowest BCUT2D eigenvalue weighted by molar-refractivity contribution is -0.394. The first kappa shape index (κ1) is 32.2. The smallest absolute Gasteiger partial charge is 0.318 e. The van der Waals surface area contributed by atoms with Gasteiger partial charge in [-0.3, -0.25) is 29.8 Å². The maximum Gasteiger partial charge on any atom is 0.318 e. The number of carbonyl (C=O) groups is 2. The van der Waals surface area contributed by atoms with Crippen molar-refractivity contribution in [1.82, 2.24) is 4.90 Å². The molecule has 2 aliphatic carbocycles. The normalized spacial score (nSPS) is 19.3. The zero-order valence-corrected chi connectivity index (χ0v) is 26.9. The Kier molecular flexibility index (Phi) is 8.28. The summed E-state index contributed by atoms with van der Waals surface area (Å²) in [6.45, 7) is 11.1. The summed E-state index contributed by atoms with van der Waals surface area (Å²) in [4.78, 5) is 51.6. The number of allylic oxidation sites excluding steroid dienone is 4. The molecular weight excluding hydrogens is 602 g/mol. The molecule has 3 aliphatic rings. The predicted molar refractivity (Wildman–Crippen MR) is 168 cm³/mol. The van der Waals surface area contributed by atoms with Gasteiger partial charge < -0.3 is 14.4 Å². The van der Waals surface area contributed by atoms with Crippen molar-refractivity contribution >= 4 is 34.5 Å². The second-order valence-corrected chi connectivity index (χ2v) is 13.9. The number of halogens is 1. The van der Waals surface area contributed by atoms with Crippen molar-refractivity contribution in [3.63, 3.8) is 0 Å². The fraction of sp³-hybridized carbons (Fsp3) is 0.455. The fourth-order valence-corrected chi connectivity index (χ4v) is 7.10. The number of nitro groups is 2. The molecule has 2 aromatic carbocycles. The Morgan fingerprint density at radius 3 is 1.96 bits per heavy atom. The van der Waals surface area contributed by atoms with Crippen LogP contribution in [0.4, 0.5) is 11.4 Å². The van der Waals surface area contributed by atoms with Crippen LogP contribution in [0.3, 0.4) is 0 Å². The van der Waals surface area contributed by atoms with E-state index < -0.39 is 27.1 Å². The number of methoxy groups -OCH3 is 1. The van der Waals surface area contributed by atoms with Crippen molar-refractivity contribution in [2.24, 2.45) is 10.8 Å². The average Bonchev–Trinajstić information content (AvgIpc) is 2.93. The van der Waals surface area contributed by atoms with E-state index in [1.54, 1.807) is 12.1 Å². The standard InChI is InChI=1S/C33H36ClN3O8/c1-7-10-35-22-14-32(2,3)16-24(38)29(22)28(30-23(35)15-33(4,5)17-25(30)39)18-11-20(34)31(27(12-18)44-6)45-26-9-8-19(36(40)41)13-21(26)37(42)43/h8-9,11-13,28H,7,10,14-17H2,1-6H3. The van der Waals surface area contributed by atoms with E-state index in [2.05, 4.69) is 39.5 Å². The molecule has 0 N–H and O–H groups in total. The molecule has 0 saturated heterocycles. The molecule has 11 nitrogen and oxygen atoms in total. The maximum atomic E-state index is 14.0. The van der Waals surface area contributed by atoms with Crippen molar-refractivity contribution in [3.05, 3.63) is 83.7 Å². The lowest BCUT2D eigenvalue weighted by Crippen LogP contribution is -2.44. The van der Waals surface area contributed by atoms with E-state index in [0.29, 0.717) is 48.9 Å². The van der Waals surface area contributed by atoms with Crippen molar-refractivity contribution in [2.75, 3.05) is 13.7 Å². The van der Waals surface area contributed by atoms with E-state index in [-0.39, 0.29) is 44.7 Å². The summed E-state index contributed by atoms with van der Waals surface area (Å²) in [5.41, 5.74) is 2.01. The summed E-state index contributed by atoms with van der Waals surface area (Å²) in [7, 11) is 1.38. The van der Waals surface area contributed by atoms with Crippen LogP contribution in [0.2, 0.25) is 5.02 Å². The maximum absolute atomic E-state index is 14.0. The van der Waals surface area contributed by atoms with E-state index >= 15 is 0 Å². The lowest BCUT2D eigenvalue weighted by Gasteiger charge is -2.49. The van der Waals surface area contributed by atoms with Gasteiger partial charge >= 0.3 is 5.69 Å². The molecule has 0 fully saturated rings. The molecule has 0 atom stereocenters. The first-order valence-electron chi connectivity index (χ1n) is 14.9. The molecule has 2 aromatic rings. The fourth-order valence-electron chi connectivity index (χ4n) is 6.84. The summed E-state index contributed by atoms with van der Waals surface area (Å²) < 4.78 is 11.5. The second kappa shape index (κ2) is 11.6. The number of non-ortho nitro benzene ring substituents is 1. The molecule has 0 aromatic heterocycles. The minimum Gasteiger partial charge on any atom is -0.493 e. The highest BCUT2D eigenvalue weighted by molar-refractivity contribution is 6.32. The summed E-state index contributed by atoms with van der Waals surface area (Å²) in [6.07, 6.45) is 2.85. The molecule has 0 amide bonds. The summed E-state index contributed by atoms with van der Waals surface area (Å²) in [6, 6.07) is 6.28. The number of benzene rings is 2. The molecule has 238 valence electrons. The van der Waals surface area contributed by atoms with Crippen LogP contribution in [0.1, 0.15) is 78.2 Å². The topological polar surface area (TPSA) is 142 Å². The van der Waals surface area contributed by atoms with Crippen LogP contribution in [-0.2, 0) is 9.59 Å². The SMILES string of the molecule is CCCN1C2=C(C(=O)CC(C)(C)C2)C(c2cc(Cl)c(Oc3ccc([N+](=O)[O-])cc3[N+](=O)[O-])c(OC)c2)C2=C1CC(C)(C)CC2=O. The molecule has 0 bridgehead atoms. The molecule has 5 rings (SSSR count). The number of nitrogens with zero attached hydrogens (tertiary/aromatic N) is 3. The Labute approximate surface area is 266 Å². The quantitative estimate of drug-likeness (QED) is 0.207. The zero-order valence-electron chi connectivity index (χ0n) is 26.2. The Morgan fingerprint density at radius 1 is 0.889 bits per heavy atom. The minimum absolute atomic E-state index is 0.0199. The third-order valence-corrected chi connectivity index (χ3v) is 8.90. The number of nitro benzene ring substituents is 2. The Hall–Kier alpha value is -4.25. The van der Waals surface area contributed by atoms with E-state index in [4.69, 9.17) is 21.1 Å². The van der Waals surface area contributed by atoms with Gasteiger partial charge in [-0.25, -0.2) is 0 Å². The molecule has 0 saturated carbocycles. The monoisotopic (exact) mass is 637 g/mol. The molecule has 0 radical (unpaired) electrons. The van der Waals surface area contributed by atoms with Gasteiger partial charge in [-0.1, -0.05) is 46.2 Å². The molecule has 12 heteroatoms. The number of rotatable bonds is 8. The van der Waals surface area contributed by atoms with Gasteiger partial charge in [0, 0.05) is 53.9 Å². The summed E-state index contributed by atoms with van der Waals surface area (Å²) in [5, 5.41) is 23.0. The van der Waals surface area contributed by atoms with E-state index in [9.17, 15) is 29.8 Å².